The van der Waals surface area contributed by atoms with E-state index >= 15 is 0 Å². The number of halogens is 2. The van der Waals surface area contributed by atoms with Gasteiger partial charge in [-0.25, -0.2) is 8.78 Å². The van der Waals surface area contributed by atoms with E-state index in [2.05, 4.69) is 0 Å². The molecule has 1 aromatic rings. The molecule has 0 aromatic heterocycles. The summed E-state index contributed by atoms with van der Waals surface area (Å²) in [6.07, 6.45) is 0. The number of thioether (sulfide) groups is 1. The second kappa shape index (κ2) is 3.21. The van der Waals surface area contributed by atoms with Crippen LogP contribution in [0.3, 0.4) is 0 Å². The Morgan fingerprint density at radius 2 is 1.79 bits per heavy atom. The van der Waals surface area contributed by atoms with Gasteiger partial charge in [0.15, 0.2) is 0 Å². The molecule has 1 aliphatic rings. The van der Waals surface area contributed by atoms with Crippen LogP contribution in [0.15, 0.2) is 12.1 Å². The van der Waals surface area contributed by atoms with Crippen molar-refractivity contribution in [2.24, 2.45) is 0 Å². The first kappa shape index (κ1) is 9.93. The van der Waals surface area contributed by atoms with Crippen LogP contribution in [-0.2, 0) is 5.60 Å². The zero-order chi connectivity index (χ0) is 10.3. The second-order valence-electron chi connectivity index (χ2n) is 3.63. The second-order valence-corrected chi connectivity index (χ2v) is 4.61. The molecule has 0 unspecified atom stereocenters. The molecule has 1 heterocycles. The predicted molar refractivity (Wildman–Crippen MR) is 52.3 cm³/mol. The number of aryl methyl sites for hydroxylation is 1. The summed E-state index contributed by atoms with van der Waals surface area (Å²) in [6.45, 7) is 1.62. The Kier molecular flexibility index (Phi) is 2.27. The van der Waals surface area contributed by atoms with Crippen LogP contribution < -0.4 is 0 Å². The quantitative estimate of drug-likeness (QED) is 0.776. The molecule has 0 atom stereocenters. The normalized spacial score (nSPS) is 19.1. The summed E-state index contributed by atoms with van der Waals surface area (Å²) in [7, 11) is 0. The topological polar surface area (TPSA) is 20.2 Å². The van der Waals surface area contributed by atoms with Gasteiger partial charge in [0.05, 0.1) is 5.56 Å². The number of rotatable bonds is 1. The van der Waals surface area contributed by atoms with E-state index in [4.69, 9.17) is 0 Å². The average molecular weight is 216 g/mol. The lowest BCUT2D eigenvalue weighted by Gasteiger charge is -2.36. The lowest BCUT2D eigenvalue weighted by Crippen LogP contribution is -2.41. The molecular formula is C10H10F2OS. The van der Waals surface area contributed by atoms with Gasteiger partial charge in [0.1, 0.15) is 17.2 Å². The Balaban J connectivity index is 2.52. The Labute approximate surface area is 85.1 Å². The summed E-state index contributed by atoms with van der Waals surface area (Å²) >= 11 is 1.48. The molecule has 2 rings (SSSR count). The lowest BCUT2D eigenvalue weighted by atomic mass is 9.95. The number of hydrogen-bond acceptors (Lipinski definition) is 2. The van der Waals surface area contributed by atoms with E-state index in [1.165, 1.54) is 23.9 Å². The summed E-state index contributed by atoms with van der Waals surface area (Å²) in [5, 5.41) is 9.83. The van der Waals surface area contributed by atoms with Crippen LogP contribution >= 0.6 is 11.8 Å². The molecule has 0 bridgehead atoms. The van der Waals surface area contributed by atoms with Crippen molar-refractivity contribution in [3.8, 4) is 0 Å². The van der Waals surface area contributed by atoms with Gasteiger partial charge in [-0.3, -0.25) is 0 Å². The molecule has 0 spiro atoms. The average Bonchev–Trinajstić information content (AvgIpc) is 1.99. The van der Waals surface area contributed by atoms with Crippen LogP contribution in [0.2, 0.25) is 0 Å². The molecule has 0 amide bonds. The third kappa shape index (κ3) is 1.42. The standard InChI is InChI=1S/C10H10F2OS/c1-6-2-7(11)9(8(12)3-6)10(13)4-14-5-10/h2-3,13H,4-5H2,1H3. The van der Waals surface area contributed by atoms with Crippen molar-refractivity contribution in [1.82, 2.24) is 0 Å². The van der Waals surface area contributed by atoms with Crippen molar-refractivity contribution in [2.75, 3.05) is 11.5 Å². The van der Waals surface area contributed by atoms with Crippen LogP contribution in [0.4, 0.5) is 8.78 Å². The molecule has 1 aromatic carbocycles. The highest BCUT2D eigenvalue weighted by Crippen LogP contribution is 2.40. The zero-order valence-corrected chi connectivity index (χ0v) is 8.50. The summed E-state index contributed by atoms with van der Waals surface area (Å²) in [5.41, 5.74) is -0.951. The minimum absolute atomic E-state index is 0.179. The predicted octanol–water partition coefficient (Wildman–Crippen LogP) is 2.21. The van der Waals surface area contributed by atoms with E-state index in [1.54, 1.807) is 6.92 Å². The zero-order valence-electron chi connectivity index (χ0n) is 7.68. The highest BCUT2D eigenvalue weighted by molar-refractivity contribution is 8.00. The maximum Gasteiger partial charge on any atom is 0.132 e. The van der Waals surface area contributed by atoms with Crippen molar-refractivity contribution < 1.29 is 13.9 Å². The maximum absolute atomic E-state index is 13.4. The van der Waals surface area contributed by atoms with Gasteiger partial charge < -0.3 is 5.11 Å². The van der Waals surface area contributed by atoms with E-state index in [0.29, 0.717) is 17.1 Å². The Hall–Kier alpha value is -0.610. The van der Waals surface area contributed by atoms with Gasteiger partial charge in [-0.15, -0.1) is 0 Å². The molecule has 1 N–H and O–H groups in total. The SMILES string of the molecule is Cc1cc(F)c(C2(O)CSC2)c(F)c1. The molecule has 1 saturated heterocycles. The van der Waals surface area contributed by atoms with Gasteiger partial charge in [0, 0.05) is 11.5 Å². The third-order valence-corrected chi connectivity index (χ3v) is 3.70. The van der Waals surface area contributed by atoms with Gasteiger partial charge in [-0.05, 0) is 24.6 Å². The molecule has 4 heteroatoms. The fourth-order valence-corrected chi connectivity index (χ4v) is 2.46. The fourth-order valence-electron chi connectivity index (χ4n) is 1.58. The maximum atomic E-state index is 13.4. The summed E-state index contributed by atoms with van der Waals surface area (Å²) in [5.74, 6) is -0.566. The van der Waals surface area contributed by atoms with Gasteiger partial charge in [-0.1, -0.05) is 0 Å². The molecular weight excluding hydrogens is 206 g/mol. The highest BCUT2D eigenvalue weighted by Gasteiger charge is 2.41. The van der Waals surface area contributed by atoms with E-state index in [-0.39, 0.29) is 5.56 Å². The van der Waals surface area contributed by atoms with E-state index in [0.717, 1.165) is 0 Å². The van der Waals surface area contributed by atoms with Crippen LogP contribution in [-0.4, -0.2) is 16.6 Å². The minimum atomic E-state index is -1.30. The Morgan fingerprint density at radius 3 is 2.14 bits per heavy atom. The van der Waals surface area contributed by atoms with Crippen molar-refractivity contribution >= 4 is 11.8 Å². The van der Waals surface area contributed by atoms with Gasteiger partial charge in [0.2, 0.25) is 0 Å². The number of benzene rings is 1. The number of hydrogen-bond donors (Lipinski definition) is 1. The lowest BCUT2D eigenvalue weighted by molar-refractivity contribution is 0.0685. The first-order valence-corrected chi connectivity index (χ1v) is 5.45. The summed E-state index contributed by atoms with van der Waals surface area (Å²) < 4.78 is 26.8. The van der Waals surface area contributed by atoms with Gasteiger partial charge in [-0.2, -0.15) is 11.8 Å². The van der Waals surface area contributed by atoms with Crippen molar-refractivity contribution in [3.05, 3.63) is 34.9 Å². The molecule has 1 aliphatic heterocycles. The molecule has 1 nitrogen and oxygen atoms in total. The van der Waals surface area contributed by atoms with Crippen LogP contribution in [0.1, 0.15) is 11.1 Å². The van der Waals surface area contributed by atoms with Crippen LogP contribution in [0.25, 0.3) is 0 Å². The summed E-state index contributed by atoms with van der Waals surface area (Å²) in [6, 6.07) is 2.50. The molecule has 14 heavy (non-hydrogen) atoms. The van der Waals surface area contributed by atoms with Gasteiger partial charge in [0.25, 0.3) is 0 Å². The Morgan fingerprint density at radius 1 is 1.29 bits per heavy atom. The smallest absolute Gasteiger partial charge is 0.132 e. The van der Waals surface area contributed by atoms with E-state index < -0.39 is 17.2 Å². The third-order valence-electron chi connectivity index (χ3n) is 2.33. The first-order chi connectivity index (χ1) is 6.53. The van der Waals surface area contributed by atoms with Crippen molar-refractivity contribution in [2.45, 2.75) is 12.5 Å². The van der Waals surface area contributed by atoms with Crippen molar-refractivity contribution in [3.63, 3.8) is 0 Å². The Bertz CT molecular complexity index is 351. The highest BCUT2D eigenvalue weighted by atomic mass is 32.2. The fraction of sp³-hybridized carbons (Fsp3) is 0.400. The van der Waals surface area contributed by atoms with E-state index in [9.17, 15) is 13.9 Å². The molecule has 0 aliphatic carbocycles. The first-order valence-electron chi connectivity index (χ1n) is 4.29. The summed E-state index contributed by atoms with van der Waals surface area (Å²) in [4.78, 5) is 0. The molecule has 76 valence electrons. The van der Waals surface area contributed by atoms with Crippen LogP contribution in [0, 0.1) is 18.6 Å². The molecule has 0 saturated carbocycles. The van der Waals surface area contributed by atoms with E-state index in [1.807, 2.05) is 0 Å². The molecule has 1 fully saturated rings. The minimum Gasteiger partial charge on any atom is -0.383 e. The van der Waals surface area contributed by atoms with Crippen LogP contribution in [0.5, 0.6) is 0 Å². The molecule has 0 radical (unpaired) electrons. The van der Waals surface area contributed by atoms with Crippen molar-refractivity contribution in [1.29, 1.82) is 0 Å². The monoisotopic (exact) mass is 216 g/mol. The number of aliphatic hydroxyl groups is 1. The van der Waals surface area contributed by atoms with Gasteiger partial charge >= 0.3 is 0 Å². The largest absolute Gasteiger partial charge is 0.383 e.